The van der Waals surface area contributed by atoms with Gasteiger partial charge in [0.15, 0.2) is 0 Å². The summed E-state index contributed by atoms with van der Waals surface area (Å²) in [6.07, 6.45) is 5.03. The van der Waals surface area contributed by atoms with Crippen LogP contribution in [0.5, 0.6) is 0 Å². The molecule has 0 aromatic heterocycles. The van der Waals surface area contributed by atoms with E-state index in [0.717, 1.165) is 6.42 Å². The Morgan fingerprint density at radius 3 is 2.79 bits per heavy atom. The zero-order chi connectivity index (χ0) is 9.38. The molecule has 0 saturated carbocycles. The van der Waals surface area contributed by atoms with Crippen molar-refractivity contribution in [3.05, 3.63) is 48.2 Å². The second-order valence-electron chi connectivity index (χ2n) is 3.77. The summed E-state index contributed by atoms with van der Waals surface area (Å²) >= 11 is 0. The summed E-state index contributed by atoms with van der Waals surface area (Å²) in [5.41, 5.74) is 1.25. The SMILES string of the molecule is C1=C[C@@H]2CC(c3ccccc3)O[C@@H]2O1. The first-order chi connectivity index (χ1) is 6.93. The van der Waals surface area contributed by atoms with Crippen molar-refractivity contribution < 1.29 is 9.47 Å². The summed E-state index contributed by atoms with van der Waals surface area (Å²) in [4.78, 5) is 0. The maximum atomic E-state index is 5.79. The topological polar surface area (TPSA) is 18.5 Å². The molecule has 0 N–H and O–H groups in total. The molecule has 1 fully saturated rings. The molecular weight excluding hydrogens is 176 g/mol. The van der Waals surface area contributed by atoms with Gasteiger partial charge >= 0.3 is 0 Å². The van der Waals surface area contributed by atoms with Gasteiger partial charge in [0.2, 0.25) is 6.29 Å². The molecule has 0 amide bonds. The van der Waals surface area contributed by atoms with Crippen LogP contribution >= 0.6 is 0 Å². The van der Waals surface area contributed by atoms with E-state index < -0.39 is 0 Å². The van der Waals surface area contributed by atoms with Crippen molar-refractivity contribution in [1.29, 1.82) is 0 Å². The van der Waals surface area contributed by atoms with Crippen molar-refractivity contribution in [2.45, 2.75) is 18.8 Å². The van der Waals surface area contributed by atoms with Gasteiger partial charge in [-0.3, -0.25) is 0 Å². The first-order valence-electron chi connectivity index (χ1n) is 4.96. The van der Waals surface area contributed by atoms with Crippen LogP contribution in [0.15, 0.2) is 42.7 Å². The maximum absolute atomic E-state index is 5.79. The Kier molecular flexibility index (Phi) is 1.81. The summed E-state index contributed by atoms with van der Waals surface area (Å²) in [5.74, 6) is 0.445. The number of rotatable bonds is 1. The summed E-state index contributed by atoms with van der Waals surface area (Å²) in [7, 11) is 0. The number of ether oxygens (including phenoxy) is 2. The highest BCUT2D eigenvalue weighted by atomic mass is 16.7. The summed E-state index contributed by atoms with van der Waals surface area (Å²) in [5, 5.41) is 0. The van der Waals surface area contributed by atoms with Gasteiger partial charge in [0.1, 0.15) is 0 Å². The molecule has 0 aliphatic carbocycles. The van der Waals surface area contributed by atoms with E-state index in [4.69, 9.17) is 9.47 Å². The lowest BCUT2D eigenvalue weighted by Gasteiger charge is -2.12. The molecule has 2 nitrogen and oxygen atoms in total. The maximum Gasteiger partial charge on any atom is 0.206 e. The van der Waals surface area contributed by atoms with Gasteiger partial charge in [-0.15, -0.1) is 0 Å². The molecule has 0 bridgehead atoms. The zero-order valence-electron chi connectivity index (χ0n) is 7.80. The number of hydrogen-bond donors (Lipinski definition) is 0. The van der Waals surface area contributed by atoms with Crippen LogP contribution in [0, 0.1) is 5.92 Å². The highest BCUT2D eigenvalue weighted by Crippen LogP contribution is 2.40. The van der Waals surface area contributed by atoms with Gasteiger partial charge in [0.25, 0.3) is 0 Å². The first-order valence-corrected chi connectivity index (χ1v) is 4.96. The lowest BCUT2D eigenvalue weighted by Crippen LogP contribution is -2.10. The molecule has 2 aliphatic rings. The Morgan fingerprint density at radius 2 is 2.00 bits per heavy atom. The third-order valence-electron chi connectivity index (χ3n) is 2.84. The monoisotopic (exact) mass is 188 g/mol. The molecule has 1 aromatic carbocycles. The third kappa shape index (κ3) is 1.23. The number of fused-ring (bicyclic) bond motifs is 1. The summed E-state index contributed by atoms with van der Waals surface area (Å²) in [6.45, 7) is 0. The molecule has 1 aromatic rings. The summed E-state index contributed by atoms with van der Waals surface area (Å²) in [6, 6.07) is 10.3. The fourth-order valence-electron chi connectivity index (χ4n) is 2.09. The van der Waals surface area contributed by atoms with Gasteiger partial charge < -0.3 is 9.47 Å². The minimum atomic E-state index is -0.0415. The van der Waals surface area contributed by atoms with Crippen molar-refractivity contribution in [2.75, 3.05) is 0 Å². The average Bonchev–Trinajstić information content (AvgIpc) is 2.78. The molecule has 1 saturated heterocycles. The van der Waals surface area contributed by atoms with E-state index in [0.29, 0.717) is 5.92 Å². The van der Waals surface area contributed by atoms with Gasteiger partial charge in [-0.25, -0.2) is 0 Å². The lowest BCUT2D eigenvalue weighted by atomic mass is 10.0. The Hall–Kier alpha value is -1.28. The Balaban J connectivity index is 1.80. The number of hydrogen-bond acceptors (Lipinski definition) is 2. The van der Waals surface area contributed by atoms with Crippen LogP contribution in [-0.4, -0.2) is 6.29 Å². The first kappa shape index (κ1) is 8.06. The van der Waals surface area contributed by atoms with E-state index in [1.165, 1.54) is 5.56 Å². The molecule has 2 heterocycles. The summed E-state index contributed by atoms with van der Waals surface area (Å²) < 4.78 is 11.1. The van der Waals surface area contributed by atoms with Crippen LogP contribution in [0.4, 0.5) is 0 Å². The zero-order valence-corrected chi connectivity index (χ0v) is 7.80. The van der Waals surface area contributed by atoms with Crippen molar-refractivity contribution in [3.63, 3.8) is 0 Å². The van der Waals surface area contributed by atoms with E-state index >= 15 is 0 Å². The smallest absolute Gasteiger partial charge is 0.206 e. The molecule has 1 unspecified atom stereocenters. The van der Waals surface area contributed by atoms with Gasteiger partial charge in [-0.05, 0) is 18.1 Å². The Bertz CT molecular complexity index is 345. The third-order valence-corrected chi connectivity index (χ3v) is 2.84. The fraction of sp³-hybridized carbons (Fsp3) is 0.333. The largest absolute Gasteiger partial charge is 0.472 e. The van der Waals surface area contributed by atoms with Crippen molar-refractivity contribution in [3.8, 4) is 0 Å². The molecule has 14 heavy (non-hydrogen) atoms. The van der Waals surface area contributed by atoms with Crippen molar-refractivity contribution in [2.24, 2.45) is 5.92 Å². The normalized spacial score (nSPS) is 34.1. The average molecular weight is 188 g/mol. The molecule has 0 spiro atoms. The highest BCUT2D eigenvalue weighted by molar-refractivity contribution is 5.19. The quantitative estimate of drug-likeness (QED) is 0.674. The minimum absolute atomic E-state index is 0.0415. The molecule has 72 valence electrons. The van der Waals surface area contributed by atoms with Gasteiger partial charge in [0.05, 0.1) is 12.4 Å². The van der Waals surface area contributed by atoms with Crippen molar-refractivity contribution in [1.82, 2.24) is 0 Å². The van der Waals surface area contributed by atoms with E-state index in [1.54, 1.807) is 6.26 Å². The Labute approximate surface area is 83.1 Å². The lowest BCUT2D eigenvalue weighted by molar-refractivity contribution is -0.0986. The van der Waals surface area contributed by atoms with Crippen LogP contribution in [0.2, 0.25) is 0 Å². The molecule has 3 atom stereocenters. The second-order valence-corrected chi connectivity index (χ2v) is 3.77. The second kappa shape index (κ2) is 3.14. The molecule has 2 heteroatoms. The highest BCUT2D eigenvalue weighted by Gasteiger charge is 2.37. The van der Waals surface area contributed by atoms with Crippen LogP contribution in [0.1, 0.15) is 18.1 Å². The van der Waals surface area contributed by atoms with Crippen LogP contribution in [0.25, 0.3) is 0 Å². The predicted octanol–water partition coefficient (Wildman–Crippen LogP) is 2.63. The van der Waals surface area contributed by atoms with E-state index in [2.05, 4.69) is 18.2 Å². The van der Waals surface area contributed by atoms with Gasteiger partial charge in [-0.1, -0.05) is 30.3 Å². The van der Waals surface area contributed by atoms with Gasteiger partial charge in [0, 0.05) is 5.92 Å². The van der Waals surface area contributed by atoms with Crippen LogP contribution < -0.4 is 0 Å². The molecule has 0 radical (unpaired) electrons. The van der Waals surface area contributed by atoms with Crippen LogP contribution in [-0.2, 0) is 9.47 Å². The fourth-order valence-corrected chi connectivity index (χ4v) is 2.09. The number of benzene rings is 1. The van der Waals surface area contributed by atoms with E-state index in [-0.39, 0.29) is 12.4 Å². The van der Waals surface area contributed by atoms with E-state index in [9.17, 15) is 0 Å². The standard InChI is InChI=1S/C12H12O2/c1-2-4-9(5-3-1)11-8-10-6-7-13-12(10)14-11/h1-7,10-12H,8H2/t10-,11?,12+/m1/s1. The molecule has 3 rings (SSSR count). The predicted molar refractivity (Wildman–Crippen MR) is 52.4 cm³/mol. The molecular formula is C12H12O2. The van der Waals surface area contributed by atoms with Crippen LogP contribution in [0.3, 0.4) is 0 Å². The van der Waals surface area contributed by atoms with Crippen molar-refractivity contribution >= 4 is 0 Å². The minimum Gasteiger partial charge on any atom is -0.472 e. The molecule has 2 aliphatic heterocycles. The van der Waals surface area contributed by atoms with E-state index in [1.807, 2.05) is 18.2 Å². The van der Waals surface area contributed by atoms with Gasteiger partial charge in [-0.2, -0.15) is 0 Å². The Morgan fingerprint density at radius 1 is 1.14 bits per heavy atom.